The van der Waals surface area contributed by atoms with Crippen LogP contribution in [0.5, 0.6) is 0 Å². The summed E-state index contributed by atoms with van der Waals surface area (Å²) >= 11 is 0. The van der Waals surface area contributed by atoms with Crippen molar-refractivity contribution in [3.63, 3.8) is 0 Å². The van der Waals surface area contributed by atoms with E-state index in [0.29, 0.717) is 16.5 Å². The van der Waals surface area contributed by atoms with Gasteiger partial charge in [0.25, 0.3) is 0 Å². The average molecular weight is 466 g/mol. The van der Waals surface area contributed by atoms with Gasteiger partial charge in [-0.3, -0.25) is 4.79 Å². The number of esters is 1. The Balaban J connectivity index is 1.84. The molecule has 0 saturated carbocycles. The highest BCUT2D eigenvalue weighted by Crippen LogP contribution is 2.32. The third-order valence-corrected chi connectivity index (χ3v) is 7.56. The Hall–Kier alpha value is -3.45. The maximum absolute atomic E-state index is 14.2. The second-order valence-electron chi connectivity index (χ2n) is 7.72. The van der Waals surface area contributed by atoms with Gasteiger partial charge in [-0.05, 0) is 61.4 Å². The van der Waals surface area contributed by atoms with E-state index in [0.717, 1.165) is 11.3 Å². The molecular formula is C26H24FNO4S. The summed E-state index contributed by atoms with van der Waals surface area (Å²) in [5, 5.41) is 0.642. The molecule has 0 spiro atoms. The van der Waals surface area contributed by atoms with E-state index >= 15 is 0 Å². The van der Waals surface area contributed by atoms with Crippen LogP contribution in [0.1, 0.15) is 23.7 Å². The van der Waals surface area contributed by atoms with Crippen molar-refractivity contribution in [1.29, 1.82) is 0 Å². The lowest BCUT2D eigenvalue weighted by Crippen LogP contribution is -2.14. The average Bonchev–Trinajstić information content (AvgIpc) is 3.05. The van der Waals surface area contributed by atoms with Crippen LogP contribution in [0.15, 0.2) is 82.6 Å². The molecule has 1 aromatic heterocycles. The summed E-state index contributed by atoms with van der Waals surface area (Å²) in [4.78, 5) is 12.6. The van der Waals surface area contributed by atoms with Gasteiger partial charge in [0.1, 0.15) is 12.4 Å². The zero-order valence-corrected chi connectivity index (χ0v) is 19.2. The quantitative estimate of drug-likeness (QED) is 0.357. The molecule has 0 unspecified atom stereocenters. The second-order valence-corrected chi connectivity index (χ2v) is 9.64. The number of nitrogens with zero attached hydrogens (tertiary/aromatic N) is 1. The molecule has 4 aromatic rings. The third-order valence-electron chi connectivity index (χ3n) is 5.69. The van der Waals surface area contributed by atoms with Crippen LogP contribution < -0.4 is 0 Å². The number of halogens is 1. The molecular weight excluding hydrogens is 441 g/mol. The molecule has 1 heterocycles. The molecule has 0 fully saturated rings. The minimum Gasteiger partial charge on any atom is -0.465 e. The molecule has 0 atom stereocenters. The van der Waals surface area contributed by atoms with Crippen LogP contribution in [0, 0.1) is 12.7 Å². The summed E-state index contributed by atoms with van der Waals surface area (Å²) in [5.41, 5.74) is 2.82. The SMILES string of the molecule is CCOC(=O)Cn1c(C)c(Cc2ccccc2S(=O)(=O)c2ccccc2)c2cc(F)ccc21. The van der Waals surface area contributed by atoms with Crippen molar-refractivity contribution < 1.29 is 22.3 Å². The third kappa shape index (κ3) is 4.41. The van der Waals surface area contributed by atoms with Crippen molar-refractivity contribution in [3.8, 4) is 0 Å². The predicted molar refractivity (Wildman–Crippen MR) is 124 cm³/mol. The molecule has 4 rings (SSSR count). The van der Waals surface area contributed by atoms with Crippen molar-refractivity contribution in [3.05, 3.63) is 95.4 Å². The molecule has 0 amide bonds. The van der Waals surface area contributed by atoms with Gasteiger partial charge in [-0.1, -0.05) is 36.4 Å². The number of carbonyl (C=O) groups excluding carboxylic acids is 1. The first kappa shape index (κ1) is 22.7. The number of fused-ring (bicyclic) bond motifs is 1. The molecule has 5 nitrogen and oxygen atoms in total. The lowest BCUT2D eigenvalue weighted by Gasteiger charge is -2.12. The van der Waals surface area contributed by atoms with Crippen molar-refractivity contribution >= 4 is 26.7 Å². The van der Waals surface area contributed by atoms with E-state index < -0.39 is 15.7 Å². The van der Waals surface area contributed by atoms with Gasteiger partial charge >= 0.3 is 5.97 Å². The second kappa shape index (κ2) is 9.19. The van der Waals surface area contributed by atoms with E-state index in [2.05, 4.69) is 0 Å². The van der Waals surface area contributed by atoms with Crippen LogP contribution in [0.4, 0.5) is 4.39 Å². The summed E-state index contributed by atoms with van der Waals surface area (Å²) in [6.45, 7) is 3.85. The van der Waals surface area contributed by atoms with Gasteiger partial charge in [-0.25, -0.2) is 12.8 Å². The summed E-state index contributed by atoms with van der Waals surface area (Å²) < 4.78 is 47.7. The minimum atomic E-state index is -3.74. The van der Waals surface area contributed by atoms with Crippen molar-refractivity contribution in [2.45, 2.75) is 36.6 Å². The number of ether oxygens (including phenoxy) is 1. The highest BCUT2D eigenvalue weighted by atomic mass is 32.2. The van der Waals surface area contributed by atoms with E-state index in [1.807, 2.05) is 6.92 Å². The highest BCUT2D eigenvalue weighted by molar-refractivity contribution is 7.91. The topological polar surface area (TPSA) is 65.4 Å². The molecule has 0 aliphatic carbocycles. The monoisotopic (exact) mass is 465 g/mol. The highest BCUT2D eigenvalue weighted by Gasteiger charge is 2.23. The molecule has 0 aliphatic rings. The summed E-state index contributed by atoms with van der Waals surface area (Å²) in [5.74, 6) is -0.789. The van der Waals surface area contributed by atoms with Gasteiger partial charge < -0.3 is 9.30 Å². The smallest absolute Gasteiger partial charge is 0.325 e. The normalized spacial score (nSPS) is 11.6. The van der Waals surface area contributed by atoms with E-state index in [1.165, 1.54) is 12.1 Å². The Morgan fingerprint density at radius 1 is 1.00 bits per heavy atom. The Kier molecular flexibility index (Phi) is 6.33. The Morgan fingerprint density at radius 2 is 1.70 bits per heavy atom. The molecule has 0 bridgehead atoms. The number of benzene rings is 3. The first-order chi connectivity index (χ1) is 15.8. The van der Waals surface area contributed by atoms with E-state index in [9.17, 15) is 17.6 Å². The largest absolute Gasteiger partial charge is 0.465 e. The van der Waals surface area contributed by atoms with Gasteiger partial charge in [0, 0.05) is 23.0 Å². The standard InChI is InChI=1S/C26H24FNO4S/c1-3-32-26(29)17-28-18(2)22(23-16-20(27)13-14-24(23)28)15-19-9-7-8-12-25(19)33(30,31)21-10-5-4-6-11-21/h4-14,16H,3,15,17H2,1-2H3. The zero-order valence-electron chi connectivity index (χ0n) is 18.4. The molecule has 0 radical (unpaired) electrons. The molecule has 3 aromatic carbocycles. The number of hydrogen-bond donors (Lipinski definition) is 0. The van der Waals surface area contributed by atoms with Gasteiger partial charge in [-0.2, -0.15) is 0 Å². The zero-order chi connectivity index (χ0) is 23.6. The van der Waals surface area contributed by atoms with E-state index in [-0.39, 0.29) is 35.3 Å². The molecule has 33 heavy (non-hydrogen) atoms. The van der Waals surface area contributed by atoms with E-state index in [4.69, 9.17) is 4.74 Å². The van der Waals surface area contributed by atoms with Gasteiger partial charge in [0.15, 0.2) is 0 Å². The van der Waals surface area contributed by atoms with Crippen LogP contribution in [0.3, 0.4) is 0 Å². The Bertz CT molecular complexity index is 1430. The summed E-state index contributed by atoms with van der Waals surface area (Å²) in [7, 11) is -3.74. The summed E-state index contributed by atoms with van der Waals surface area (Å²) in [6, 6.07) is 19.5. The van der Waals surface area contributed by atoms with Crippen molar-refractivity contribution in [1.82, 2.24) is 4.57 Å². The first-order valence-corrected chi connectivity index (χ1v) is 12.1. The maximum atomic E-state index is 14.2. The maximum Gasteiger partial charge on any atom is 0.325 e. The first-order valence-electron chi connectivity index (χ1n) is 10.6. The summed E-state index contributed by atoms with van der Waals surface area (Å²) in [6.07, 6.45) is 0.268. The fourth-order valence-electron chi connectivity index (χ4n) is 4.12. The predicted octanol–water partition coefficient (Wildman–Crippen LogP) is 5.08. The van der Waals surface area contributed by atoms with Crippen LogP contribution in [0.2, 0.25) is 0 Å². The molecule has 0 saturated heterocycles. The lowest BCUT2D eigenvalue weighted by molar-refractivity contribution is -0.143. The fourth-order valence-corrected chi connectivity index (χ4v) is 5.63. The van der Waals surface area contributed by atoms with Gasteiger partial charge in [0.2, 0.25) is 9.84 Å². The van der Waals surface area contributed by atoms with Gasteiger partial charge in [0.05, 0.1) is 16.4 Å². The number of hydrogen-bond acceptors (Lipinski definition) is 4. The number of carbonyl (C=O) groups is 1. The molecule has 0 aliphatic heterocycles. The van der Waals surface area contributed by atoms with Crippen molar-refractivity contribution in [2.24, 2.45) is 0 Å². The van der Waals surface area contributed by atoms with Crippen LogP contribution >= 0.6 is 0 Å². The molecule has 0 N–H and O–H groups in total. The number of rotatable bonds is 7. The van der Waals surface area contributed by atoms with Crippen LogP contribution in [0.25, 0.3) is 10.9 Å². The van der Waals surface area contributed by atoms with Gasteiger partial charge in [-0.15, -0.1) is 0 Å². The van der Waals surface area contributed by atoms with Crippen LogP contribution in [-0.4, -0.2) is 25.6 Å². The number of sulfone groups is 1. The molecule has 7 heteroatoms. The Morgan fingerprint density at radius 3 is 2.42 bits per heavy atom. The lowest BCUT2D eigenvalue weighted by atomic mass is 10.0. The molecule has 170 valence electrons. The number of aromatic nitrogens is 1. The Labute approximate surface area is 192 Å². The van der Waals surface area contributed by atoms with Crippen LogP contribution in [-0.2, 0) is 32.3 Å². The van der Waals surface area contributed by atoms with Crippen molar-refractivity contribution in [2.75, 3.05) is 6.61 Å². The fraction of sp³-hybridized carbons (Fsp3) is 0.192. The minimum absolute atomic E-state index is 0.00817. The van der Waals surface area contributed by atoms with E-state index in [1.54, 1.807) is 72.2 Å².